The molecule has 0 bridgehead atoms. The third-order valence-corrected chi connectivity index (χ3v) is 6.25. The molecule has 158 valence electrons. The molecule has 0 atom stereocenters. The summed E-state index contributed by atoms with van der Waals surface area (Å²) in [6.45, 7) is 2.01. The summed E-state index contributed by atoms with van der Waals surface area (Å²) < 4.78 is 28.8. The number of aryl methyl sites for hydroxylation is 1. The molecule has 0 aliphatic rings. The predicted molar refractivity (Wildman–Crippen MR) is 119 cm³/mol. The Labute approximate surface area is 186 Å². The maximum Gasteiger partial charge on any atom is 0.234 e. The first-order valence-corrected chi connectivity index (χ1v) is 11.3. The van der Waals surface area contributed by atoms with Gasteiger partial charge in [0.15, 0.2) is 5.16 Å². The largest absolute Gasteiger partial charge is 0.323 e. The third kappa shape index (κ3) is 5.18. The van der Waals surface area contributed by atoms with Crippen LogP contribution < -0.4 is 5.32 Å². The molecule has 0 aliphatic heterocycles. The Morgan fingerprint density at radius 3 is 2.65 bits per heavy atom. The van der Waals surface area contributed by atoms with E-state index < -0.39 is 17.5 Å². The first-order chi connectivity index (χ1) is 15.0. The van der Waals surface area contributed by atoms with Gasteiger partial charge >= 0.3 is 0 Å². The molecule has 5 nitrogen and oxygen atoms in total. The topological polar surface area (TPSA) is 59.8 Å². The van der Waals surface area contributed by atoms with E-state index in [9.17, 15) is 13.6 Å². The van der Waals surface area contributed by atoms with E-state index in [-0.39, 0.29) is 11.4 Å². The highest BCUT2D eigenvalue weighted by Crippen LogP contribution is 2.25. The Kier molecular flexibility index (Phi) is 6.43. The van der Waals surface area contributed by atoms with Crippen molar-refractivity contribution in [3.63, 3.8) is 0 Å². The van der Waals surface area contributed by atoms with E-state index in [0.29, 0.717) is 11.6 Å². The van der Waals surface area contributed by atoms with E-state index in [4.69, 9.17) is 0 Å². The van der Waals surface area contributed by atoms with E-state index in [2.05, 4.69) is 15.5 Å². The van der Waals surface area contributed by atoms with Crippen molar-refractivity contribution >= 4 is 34.7 Å². The molecule has 0 radical (unpaired) electrons. The Balaban J connectivity index is 1.53. The predicted octanol–water partition coefficient (Wildman–Crippen LogP) is 5.24. The molecule has 1 N–H and O–H groups in total. The summed E-state index contributed by atoms with van der Waals surface area (Å²) in [7, 11) is 0. The Morgan fingerprint density at radius 2 is 1.94 bits per heavy atom. The number of halogens is 2. The summed E-state index contributed by atoms with van der Waals surface area (Å²) in [6, 6.07) is 15.0. The fraction of sp³-hybridized carbons (Fsp3) is 0.136. The van der Waals surface area contributed by atoms with Crippen molar-refractivity contribution in [2.75, 3.05) is 11.1 Å². The van der Waals surface area contributed by atoms with Crippen molar-refractivity contribution in [2.24, 2.45) is 0 Å². The second-order valence-electron chi connectivity index (χ2n) is 6.79. The number of thiophene rings is 1. The van der Waals surface area contributed by atoms with Crippen LogP contribution in [0.5, 0.6) is 0 Å². The van der Waals surface area contributed by atoms with Gasteiger partial charge in [0.1, 0.15) is 17.5 Å². The monoisotopic (exact) mass is 456 g/mol. The number of hydrogen-bond donors (Lipinski definition) is 1. The molecule has 0 saturated carbocycles. The van der Waals surface area contributed by atoms with Crippen molar-refractivity contribution in [1.29, 1.82) is 0 Å². The molecule has 2 aromatic heterocycles. The molecule has 0 aliphatic carbocycles. The fourth-order valence-electron chi connectivity index (χ4n) is 2.94. The Bertz CT molecular complexity index is 1190. The van der Waals surface area contributed by atoms with Gasteiger partial charge in [-0.3, -0.25) is 9.36 Å². The van der Waals surface area contributed by atoms with Gasteiger partial charge in [0.2, 0.25) is 5.91 Å². The number of benzene rings is 2. The number of rotatable bonds is 7. The van der Waals surface area contributed by atoms with E-state index in [1.165, 1.54) is 17.8 Å². The minimum atomic E-state index is -0.820. The van der Waals surface area contributed by atoms with Gasteiger partial charge in [0, 0.05) is 23.1 Å². The van der Waals surface area contributed by atoms with Gasteiger partial charge in [-0.25, -0.2) is 8.78 Å². The number of nitrogens with zero attached hydrogens (tertiary/aromatic N) is 3. The van der Waals surface area contributed by atoms with Crippen LogP contribution in [-0.2, 0) is 11.2 Å². The zero-order valence-corrected chi connectivity index (χ0v) is 18.1. The van der Waals surface area contributed by atoms with E-state index >= 15 is 0 Å². The minimum Gasteiger partial charge on any atom is -0.323 e. The van der Waals surface area contributed by atoms with Gasteiger partial charge in [-0.1, -0.05) is 35.5 Å². The normalized spacial score (nSPS) is 10.9. The summed E-state index contributed by atoms with van der Waals surface area (Å²) in [5.74, 6) is -1.18. The quantitative estimate of drug-likeness (QED) is 0.387. The molecule has 0 unspecified atom stereocenters. The lowest BCUT2D eigenvalue weighted by Gasteiger charge is -2.11. The molecule has 0 saturated heterocycles. The van der Waals surface area contributed by atoms with Crippen LogP contribution in [-0.4, -0.2) is 26.4 Å². The smallest absolute Gasteiger partial charge is 0.234 e. The number of amides is 1. The lowest BCUT2D eigenvalue weighted by molar-refractivity contribution is -0.113. The van der Waals surface area contributed by atoms with Crippen LogP contribution in [0.15, 0.2) is 65.1 Å². The highest BCUT2D eigenvalue weighted by Gasteiger charge is 2.17. The Morgan fingerprint density at radius 1 is 1.13 bits per heavy atom. The molecule has 0 spiro atoms. The summed E-state index contributed by atoms with van der Waals surface area (Å²) in [6.07, 6.45) is 0.617. The van der Waals surface area contributed by atoms with Crippen LogP contribution in [0.1, 0.15) is 16.3 Å². The summed E-state index contributed by atoms with van der Waals surface area (Å²) in [5, 5.41) is 13.7. The number of aromatic nitrogens is 3. The second kappa shape index (κ2) is 9.40. The lowest BCUT2D eigenvalue weighted by atomic mass is 10.2. The zero-order valence-electron chi connectivity index (χ0n) is 16.5. The van der Waals surface area contributed by atoms with Gasteiger partial charge in [0.25, 0.3) is 0 Å². The van der Waals surface area contributed by atoms with Gasteiger partial charge < -0.3 is 5.32 Å². The van der Waals surface area contributed by atoms with Crippen molar-refractivity contribution in [2.45, 2.75) is 18.5 Å². The molecule has 0 fully saturated rings. The van der Waals surface area contributed by atoms with E-state index in [1.54, 1.807) is 11.3 Å². The van der Waals surface area contributed by atoms with Crippen LogP contribution in [0.25, 0.3) is 5.69 Å². The van der Waals surface area contributed by atoms with E-state index in [0.717, 1.165) is 34.1 Å². The molecule has 31 heavy (non-hydrogen) atoms. The summed E-state index contributed by atoms with van der Waals surface area (Å²) in [4.78, 5) is 13.5. The average molecular weight is 457 g/mol. The number of carbonyl (C=O) groups excluding carboxylic acids is 1. The SMILES string of the molecule is Cc1ccc(-n2c(Cc3cccs3)nnc2SCC(=O)Nc2ccc(F)cc2F)cc1. The molecule has 2 heterocycles. The maximum absolute atomic E-state index is 13.8. The fourth-order valence-corrected chi connectivity index (χ4v) is 4.41. The van der Waals surface area contributed by atoms with Crippen LogP contribution in [0.3, 0.4) is 0 Å². The van der Waals surface area contributed by atoms with Crippen molar-refractivity contribution < 1.29 is 13.6 Å². The number of anilines is 1. The standard InChI is InChI=1S/C22H18F2N4OS2/c1-14-4-7-16(8-5-14)28-20(12-17-3-2-10-30-17)26-27-22(28)31-13-21(29)25-19-9-6-15(23)11-18(19)24/h2-11H,12-13H2,1H3,(H,25,29). The Hall–Kier alpha value is -3.04. The second-order valence-corrected chi connectivity index (χ2v) is 8.76. The zero-order chi connectivity index (χ0) is 21.8. The summed E-state index contributed by atoms with van der Waals surface area (Å²) >= 11 is 2.84. The number of nitrogens with one attached hydrogen (secondary N) is 1. The van der Waals surface area contributed by atoms with Gasteiger partial charge in [0.05, 0.1) is 11.4 Å². The summed E-state index contributed by atoms with van der Waals surface area (Å²) in [5.41, 5.74) is 1.96. The first-order valence-electron chi connectivity index (χ1n) is 9.41. The number of hydrogen-bond acceptors (Lipinski definition) is 5. The first kappa shape index (κ1) is 21.2. The maximum atomic E-state index is 13.8. The van der Waals surface area contributed by atoms with Gasteiger partial charge in [-0.15, -0.1) is 21.5 Å². The highest BCUT2D eigenvalue weighted by molar-refractivity contribution is 7.99. The van der Waals surface area contributed by atoms with Crippen LogP contribution in [0.2, 0.25) is 0 Å². The molecule has 1 amide bonds. The van der Waals surface area contributed by atoms with Crippen molar-refractivity contribution in [3.05, 3.63) is 87.9 Å². The molecule has 4 rings (SSSR count). The average Bonchev–Trinajstić information content (AvgIpc) is 3.40. The van der Waals surface area contributed by atoms with Crippen LogP contribution in [0.4, 0.5) is 14.5 Å². The molecular formula is C22H18F2N4OS2. The molecule has 4 aromatic rings. The number of carbonyl (C=O) groups is 1. The highest BCUT2D eigenvalue weighted by atomic mass is 32.2. The molecular weight excluding hydrogens is 438 g/mol. The van der Waals surface area contributed by atoms with Crippen molar-refractivity contribution in [3.8, 4) is 5.69 Å². The molecule has 2 aromatic carbocycles. The minimum absolute atomic E-state index is 0.000185. The third-order valence-electron chi connectivity index (χ3n) is 4.44. The number of thioether (sulfide) groups is 1. The van der Waals surface area contributed by atoms with Crippen LogP contribution in [0, 0.1) is 18.6 Å². The molecule has 9 heteroatoms. The van der Waals surface area contributed by atoms with Crippen molar-refractivity contribution in [1.82, 2.24) is 14.8 Å². The van der Waals surface area contributed by atoms with Crippen LogP contribution >= 0.6 is 23.1 Å². The lowest BCUT2D eigenvalue weighted by Crippen LogP contribution is -2.15. The van der Waals surface area contributed by atoms with Gasteiger partial charge in [-0.05, 0) is 42.6 Å². The van der Waals surface area contributed by atoms with Gasteiger partial charge in [-0.2, -0.15) is 0 Å². The van der Waals surface area contributed by atoms with E-state index in [1.807, 2.05) is 53.3 Å².